The van der Waals surface area contributed by atoms with Crippen LogP contribution in [0.1, 0.15) is 11.9 Å². The summed E-state index contributed by atoms with van der Waals surface area (Å²) in [5.74, 6) is -0.241. The van der Waals surface area contributed by atoms with Gasteiger partial charge in [0.1, 0.15) is 12.0 Å². The lowest BCUT2D eigenvalue weighted by atomic mass is 10.3. The predicted octanol–water partition coefficient (Wildman–Crippen LogP) is 2.76. The van der Waals surface area contributed by atoms with Gasteiger partial charge in [-0.25, -0.2) is 4.39 Å². The summed E-state index contributed by atoms with van der Waals surface area (Å²) < 4.78 is 13.0. The van der Waals surface area contributed by atoms with Crippen LogP contribution >= 0.6 is 0 Å². The Morgan fingerprint density at radius 1 is 1.06 bits per heavy atom. The van der Waals surface area contributed by atoms with Crippen molar-refractivity contribution in [1.29, 1.82) is 0 Å². The predicted molar refractivity (Wildman–Crippen MR) is 60.6 cm³/mol. The Morgan fingerprint density at radius 2 is 1.94 bits per heavy atom. The fourth-order valence-electron chi connectivity index (χ4n) is 1.80. The number of fused-ring (bicyclic) bond motifs is 1. The van der Waals surface area contributed by atoms with Crippen LogP contribution in [0.25, 0.3) is 0 Å². The van der Waals surface area contributed by atoms with Crippen LogP contribution in [0, 0.1) is 5.82 Å². The zero-order valence-corrected chi connectivity index (χ0v) is 8.44. The molecule has 0 spiro atoms. The molecule has 0 saturated carbocycles. The van der Waals surface area contributed by atoms with E-state index in [9.17, 15) is 4.39 Å². The summed E-state index contributed by atoms with van der Waals surface area (Å²) in [6.07, 6.45) is 1.65. The number of aromatic nitrogens is 1. The number of nitrogens with one attached hydrogen (secondary N) is 2. The van der Waals surface area contributed by atoms with Gasteiger partial charge in [-0.15, -0.1) is 0 Å². The van der Waals surface area contributed by atoms with Crippen LogP contribution in [0.4, 0.5) is 15.8 Å². The lowest BCUT2D eigenvalue weighted by molar-refractivity contribution is 0.628. The number of hydrogen-bond donors (Lipinski definition) is 2. The summed E-state index contributed by atoms with van der Waals surface area (Å²) >= 11 is 0. The third kappa shape index (κ3) is 1.48. The van der Waals surface area contributed by atoms with Gasteiger partial charge in [-0.1, -0.05) is 6.07 Å². The van der Waals surface area contributed by atoms with E-state index in [0.717, 1.165) is 17.1 Å². The topological polar surface area (TPSA) is 37.0 Å². The van der Waals surface area contributed by atoms with Gasteiger partial charge in [0, 0.05) is 6.20 Å². The van der Waals surface area contributed by atoms with E-state index in [2.05, 4.69) is 15.6 Å². The van der Waals surface area contributed by atoms with Crippen LogP contribution in [0.15, 0.2) is 42.6 Å². The standard InChI is InChI=1S/C12H10FN3/c13-8-4-5-9-11(7-8)16-12(15-9)10-3-1-2-6-14-10/h1-7,12,15-16H. The molecular weight excluding hydrogens is 205 g/mol. The van der Waals surface area contributed by atoms with Crippen LogP contribution in [-0.4, -0.2) is 4.98 Å². The molecule has 16 heavy (non-hydrogen) atoms. The minimum Gasteiger partial charge on any atom is -0.359 e. The Labute approximate surface area is 92.3 Å². The molecule has 2 N–H and O–H groups in total. The molecule has 1 aliphatic heterocycles. The zero-order chi connectivity index (χ0) is 11.0. The second-order valence-corrected chi connectivity index (χ2v) is 3.67. The Morgan fingerprint density at radius 3 is 2.75 bits per heavy atom. The van der Waals surface area contributed by atoms with Crippen molar-refractivity contribution in [3.8, 4) is 0 Å². The molecule has 0 saturated heterocycles. The van der Waals surface area contributed by atoms with Gasteiger partial charge in [0.15, 0.2) is 0 Å². The number of anilines is 2. The highest BCUT2D eigenvalue weighted by molar-refractivity contribution is 5.74. The normalized spacial score (nSPS) is 17.4. The van der Waals surface area contributed by atoms with Crippen molar-refractivity contribution in [2.75, 3.05) is 10.6 Å². The highest BCUT2D eigenvalue weighted by Gasteiger charge is 2.21. The first-order valence-corrected chi connectivity index (χ1v) is 5.06. The monoisotopic (exact) mass is 215 g/mol. The molecule has 80 valence electrons. The zero-order valence-electron chi connectivity index (χ0n) is 8.44. The lowest BCUT2D eigenvalue weighted by Crippen LogP contribution is -2.13. The molecule has 3 rings (SSSR count). The summed E-state index contributed by atoms with van der Waals surface area (Å²) in [5.41, 5.74) is 2.56. The number of pyridine rings is 1. The van der Waals surface area contributed by atoms with Gasteiger partial charge in [0.25, 0.3) is 0 Å². The smallest absolute Gasteiger partial charge is 0.141 e. The molecule has 0 bridgehead atoms. The van der Waals surface area contributed by atoms with Crippen molar-refractivity contribution in [3.05, 3.63) is 54.1 Å². The number of benzene rings is 1. The van der Waals surface area contributed by atoms with Crippen LogP contribution in [-0.2, 0) is 0 Å². The number of hydrogen-bond acceptors (Lipinski definition) is 3. The molecular formula is C12H10FN3. The van der Waals surface area contributed by atoms with E-state index in [1.54, 1.807) is 12.3 Å². The van der Waals surface area contributed by atoms with E-state index in [-0.39, 0.29) is 12.0 Å². The first-order chi connectivity index (χ1) is 7.83. The SMILES string of the molecule is Fc1ccc2c(c1)NC(c1ccccn1)N2. The van der Waals surface area contributed by atoms with Crippen molar-refractivity contribution in [1.82, 2.24) is 4.98 Å². The molecule has 0 amide bonds. The van der Waals surface area contributed by atoms with Gasteiger partial charge in [0.2, 0.25) is 0 Å². The van der Waals surface area contributed by atoms with Gasteiger partial charge < -0.3 is 10.6 Å². The highest BCUT2D eigenvalue weighted by Crippen LogP contribution is 2.34. The molecule has 1 atom stereocenters. The number of halogens is 1. The van der Waals surface area contributed by atoms with E-state index in [1.807, 2.05) is 18.2 Å². The lowest BCUT2D eigenvalue weighted by Gasteiger charge is -2.10. The quantitative estimate of drug-likeness (QED) is 0.768. The summed E-state index contributed by atoms with van der Waals surface area (Å²) in [6.45, 7) is 0. The fraction of sp³-hybridized carbons (Fsp3) is 0.0833. The van der Waals surface area contributed by atoms with E-state index in [1.165, 1.54) is 12.1 Å². The molecule has 0 aliphatic carbocycles. The van der Waals surface area contributed by atoms with Crippen molar-refractivity contribution in [2.45, 2.75) is 6.17 Å². The largest absolute Gasteiger partial charge is 0.359 e. The van der Waals surface area contributed by atoms with Crippen LogP contribution in [0.5, 0.6) is 0 Å². The fourth-order valence-corrected chi connectivity index (χ4v) is 1.80. The molecule has 3 nitrogen and oxygen atoms in total. The Kier molecular flexibility index (Phi) is 1.99. The van der Waals surface area contributed by atoms with E-state index >= 15 is 0 Å². The molecule has 2 heterocycles. The van der Waals surface area contributed by atoms with Crippen LogP contribution in [0.3, 0.4) is 0 Å². The minimum absolute atomic E-state index is 0.0852. The van der Waals surface area contributed by atoms with Gasteiger partial charge in [-0.3, -0.25) is 4.98 Å². The number of rotatable bonds is 1. The van der Waals surface area contributed by atoms with Crippen molar-refractivity contribution >= 4 is 11.4 Å². The van der Waals surface area contributed by atoms with E-state index in [4.69, 9.17) is 0 Å². The minimum atomic E-state index is -0.241. The summed E-state index contributed by atoms with van der Waals surface area (Å²) in [4.78, 5) is 4.25. The molecule has 1 unspecified atom stereocenters. The van der Waals surface area contributed by atoms with E-state index in [0.29, 0.717) is 0 Å². The van der Waals surface area contributed by atoms with Gasteiger partial charge >= 0.3 is 0 Å². The van der Waals surface area contributed by atoms with E-state index < -0.39 is 0 Å². The van der Waals surface area contributed by atoms with Gasteiger partial charge in [0.05, 0.1) is 17.1 Å². The third-order valence-electron chi connectivity index (χ3n) is 2.56. The van der Waals surface area contributed by atoms with Crippen LogP contribution < -0.4 is 10.6 Å². The molecule has 0 radical (unpaired) electrons. The summed E-state index contributed by atoms with van der Waals surface area (Å²) in [5, 5.41) is 6.42. The molecule has 2 aromatic rings. The first kappa shape index (κ1) is 9.15. The van der Waals surface area contributed by atoms with Crippen molar-refractivity contribution < 1.29 is 4.39 Å². The molecule has 4 heteroatoms. The molecule has 1 aromatic heterocycles. The molecule has 0 fully saturated rings. The second-order valence-electron chi connectivity index (χ2n) is 3.67. The summed E-state index contributed by atoms with van der Waals surface area (Å²) in [6, 6.07) is 10.4. The third-order valence-corrected chi connectivity index (χ3v) is 2.56. The Balaban J connectivity index is 1.91. The average molecular weight is 215 g/mol. The van der Waals surface area contributed by atoms with Gasteiger partial charge in [-0.2, -0.15) is 0 Å². The highest BCUT2D eigenvalue weighted by atomic mass is 19.1. The van der Waals surface area contributed by atoms with Crippen molar-refractivity contribution in [3.63, 3.8) is 0 Å². The second kappa shape index (κ2) is 3.48. The Bertz CT molecular complexity index is 513. The van der Waals surface area contributed by atoms with Crippen molar-refractivity contribution in [2.24, 2.45) is 0 Å². The van der Waals surface area contributed by atoms with Gasteiger partial charge in [-0.05, 0) is 30.3 Å². The average Bonchev–Trinajstić information content (AvgIpc) is 2.73. The maximum atomic E-state index is 13.0. The maximum Gasteiger partial charge on any atom is 0.141 e. The molecule has 1 aromatic carbocycles. The summed E-state index contributed by atoms with van der Waals surface area (Å²) in [7, 11) is 0. The van der Waals surface area contributed by atoms with Crippen LogP contribution in [0.2, 0.25) is 0 Å². The first-order valence-electron chi connectivity index (χ1n) is 5.06. The maximum absolute atomic E-state index is 13.0. The molecule has 1 aliphatic rings. The number of nitrogens with zero attached hydrogens (tertiary/aromatic N) is 1. The Hall–Kier alpha value is -2.10.